The van der Waals surface area contributed by atoms with Crippen LogP contribution in [0.15, 0.2) is 0 Å². The molecule has 0 rings (SSSR count). The maximum absolute atomic E-state index is 11.2. The Hall–Kier alpha value is 0.240. The van der Waals surface area contributed by atoms with Crippen LogP contribution in [0.4, 0.5) is 3.89 Å². The van der Waals surface area contributed by atoms with Gasteiger partial charge in [-0.05, 0) is 19.4 Å². The van der Waals surface area contributed by atoms with Crippen LogP contribution in [0.1, 0.15) is 12.8 Å². The van der Waals surface area contributed by atoms with Crippen molar-refractivity contribution in [3.05, 3.63) is 0 Å². The largest absolute Gasteiger partial charge is 0.330 e. The van der Waals surface area contributed by atoms with Crippen LogP contribution in [0.2, 0.25) is 0 Å². The molecule has 2 N–H and O–H groups in total. The molecule has 0 aliphatic heterocycles. The van der Waals surface area contributed by atoms with Crippen molar-refractivity contribution < 1.29 is 3.89 Å². The number of hydrogen-bond acceptors (Lipinski definition) is 2. The third kappa shape index (κ3) is 6.24. The number of halogens is 1. The molecule has 44 valence electrons. The summed E-state index contributed by atoms with van der Waals surface area (Å²) in [6.07, 6.45) is 1.84. The minimum Gasteiger partial charge on any atom is -0.330 e. The van der Waals surface area contributed by atoms with E-state index in [-0.39, 0.29) is 0 Å². The molecule has 0 heterocycles. The third-order valence-electron chi connectivity index (χ3n) is 0.676. The Bertz CT molecular complexity index is 30.9. The Labute approximate surface area is 47.8 Å². The molecular weight excluding hydrogens is 113 g/mol. The number of rotatable bonds is 4. The molecule has 0 saturated heterocycles. The van der Waals surface area contributed by atoms with Gasteiger partial charge in [-0.25, -0.2) is 0 Å². The molecule has 0 radical (unpaired) electrons. The molecule has 0 bridgehead atoms. The Morgan fingerprint density at radius 1 is 1.43 bits per heavy atom. The van der Waals surface area contributed by atoms with Crippen molar-refractivity contribution in [2.24, 2.45) is 5.73 Å². The van der Waals surface area contributed by atoms with E-state index >= 15 is 0 Å². The van der Waals surface area contributed by atoms with Gasteiger partial charge in [-0.15, -0.1) is 0 Å². The summed E-state index contributed by atoms with van der Waals surface area (Å²) >= 11 is 0.386. The van der Waals surface area contributed by atoms with Crippen molar-refractivity contribution in [1.82, 2.24) is 0 Å². The van der Waals surface area contributed by atoms with E-state index in [1.807, 2.05) is 0 Å². The van der Waals surface area contributed by atoms with Crippen LogP contribution in [0.5, 0.6) is 0 Å². The molecule has 0 aromatic carbocycles. The first-order valence-electron chi connectivity index (χ1n) is 2.35. The first-order chi connectivity index (χ1) is 3.41. The van der Waals surface area contributed by atoms with Crippen LogP contribution < -0.4 is 5.73 Å². The second-order valence-corrected chi connectivity index (χ2v) is 1.94. The van der Waals surface area contributed by atoms with Gasteiger partial charge < -0.3 is 5.73 Å². The highest BCUT2D eigenvalue weighted by molar-refractivity contribution is 7.94. The van der Waals surface area contributed by atoms with Crippen LogP contribution >= 0.6 is 12.1 Å². The van der Waals surface area contributed by atoms with Crippen LogP contribution in [-0.4, -0.2) is 12.3 Å². The van der Waals surface area contributed by atoms with E-state index < -0.39 is 0 Å². The lowest BCUT2D eigenvalue weighted by Gasteiger charge is -1.88. The van der Waals surface area contributed by atoms with Crippen molar-refractivity contribution in [2.75, 3.05) is 12.3 Å². The van der Waals surface area contributed by atoms with Crippen molar-refractivity contribution in [3.8, 4) is 0 Å². The molecule has 0 atom stereocenters. The minimum atomic E-state index is 0.386. The lowest BCUT2D eigenvalue weighted by atomic mass is 10.3. The van der Waals surface area contributed by atoms with E-state index in [1.165, 1.54) is 0 Å². The Kier molecular flexibility index (Phi) is 6.45. The first-order valence-corrected chi connectivity index (χ1v) is 3.24. The smallest absolute Gasteiger partial charge is 0.0443 e. The quantitative estimate of drug-likeness (QED) is 0.571. The highest BCUT2D eigenvalue weighted by Crippen LogP contribution is 2.02. The first kappa shape index (κ1) is 7.24. The van der Waals surface area contributed by atoms with Crippen LogP contribution in [-0.2, 0) is 0 Å². The Morgan fingerprint density at radius 3 is 2.57 bits per heavy atom. The number of hydrogen-bond donors (Lipinski definition) is 1. The standard InChI is InChI=1S/C4H10FNS/c5-7-4-2-1-3-6/h1-4,6H2. The van der Waals surface area contributed by atoms with E-state index in [0.717, 1.165) is 12.8 Å². The summed E-state index contributed by atoms with van der Waals surface area (Å²) in [5.41, 5.74) is 5.14. The predicted molar refractivity (Wildman–Crippen MR) is 31.9 cm³/mol. The summed E-state index contributed by atoms with van der Waals surface area (Å²) in [6.45, 7) is 0.681. The zero-order valence-electron chi connectivity index (χ0n) is 4.19. The second-order valence-electron chi connectivity index (χ2n) is 1.31. The summed E-state index contributed by atoms with van der Waals surface area (Å²) in [6, 6.07) is 0. The average molecular weight is 123 g/mol. The summed E-state index contributed by atoms with van der Waals surface area (Å²) in [5, 5.41) is 0. The molecule has 0 amide bonds. The van der Waals surface area contributed by atoms with E-state index in [0.29, 0.717) is 24.4 Å². The second kappa shape index (κ2) is 6.24. The molecule has 0 aliphatic rings. The van der Waals surface area contributed by atoms with Crippen molar-refractivity contribution in [2.45, 2.75) is 12.8 Å². The minimum absolute atomic E-state index is 0.386. The lowest BCUT2D eigenvalue weighted by molar-refractivity contribution is 0.804. The SMILES string of the molecule is NCCCCSF. The number of nitrogens with two attached hydrogens (primary N) is 1. The fourth-order valence-corrected chi connectivity index (χ4v) is 0.614. The maximum atomic E-state index is 11.2. The van der Waals surface area contributed by atoms with Gasteiger partial charge in [0.05, 0.1) is 0 Å². The predicted octanol–water partition coefficient (Wildman–Crippen LogP) is 1.34. The lowest BCUT2D eigenvalue weighted by Crippen LogP contribution is -1.97. The third-order valence-corrected chi connectivity index (χ3v) is 1.12. The summed E-state index contributed by atoms with van der Waals surface area (Å²) < 4.78 is 11.2. The molecule has 0 aromatic rings. The monoisotopic (exact) mass is 123 g/mol. The van der Waals surface area contributed by atoms with Crippen LogP contribution in [0, 0.1) is 0 Å². The average Bonchev–Trinajstić information content (AvgIpc) is 1.69. The highest BCUT2D eigenvalue weighted by atomic mass is 32.2. The molecule has 0 fully saturated rings. The van der Waals surface area contributed by atoms with Gasteiger partial charge in [0.2, 0.25) is 0 Å². The molecule has 0 aliphatic carbocycles. The normalized spacial score (nSPS) is 9.43. The molecule has 0 unspecified atom stereocenters. The van der Waals surface area contributed by atoms with Gasteiger partial charge in [0.1, 0.15) is 0 Å². The molecular formula is C4H10FNS. The van der Waals surface area contributed by atoms with Gasteiger partial charge in [-0.2, -0.15) is 3.89 Å². The molecule has 1 nitrogen and oxygen atoms in total. The Morgan fingerprint density at radius 2 is 2.14 bits per heavy atom. The van der Waals surface area contributed by atoms with Gasteiger partial charge in [0, 0.05) is 17.9 Å². The van der Waals surface area contributed by atoms with E-state index in [4.69, 9.17) is 5.73 Å². The summed E-state index contributed by atoms with van der Waals surface area (Å²) in [7, 11) is 0. The van der Waals surface area contributed by atoms with Crippen LogP contribution in [0.3, 0.4) is 0 Å². The highest BCUT2D eigenvalue weighted by Gasteiger charge is 1.83. The Balaban J connectivity index is 2.45. The summed E-state index contributed by atoms with van der Waals surface area (Å²) in [4.78, 5) is 0. The zero-order chi connectivity index (χ0) is 5.54. The van der Waals surface area contributed by atoms with Crippen LogP contribution in [0.25, 0.3) is 0 Å². The fraction of sp³-hybridized carbons (Fsp3) is 1.00. The van der Waals surface area contributed by atoms with E-state index in [2.05, 4.69) is 0 Å². The fourth-order valence-electron chi connectivity index (χ4n) is 0.301. The van der Waals surface area contributed by atoms with Crippen molar-refractivity contribution >= 4 is 12.1 Å². The van der Waals surface area contributed by atoms with E-state index in [9.17, 15) is 3.89 Å². The number of unbranched alkanes of at least 4 members (excludes halogenated alkanes) is 1. The van der Waals surface area contributed by atoms with Gasteiger partial charge in [0.15, 0.2) is 0 Å². The van der Waals surface area contributed by atoms with Gasteiger partial charge in [0.25, 0.3) is 0 Å². The van der Waals surface area contributed by atoms with E-state index in [1.54, 1.807) is 0 Å². The van der Waals surface area contributed by atoms with Crippen molar-refractivity contribution in [1.29, 1.82) is 0 Å². The zero-order valence-corrected chi connectivity index (χ0v) is 5.01. The van der Waals surface area contributed by atoms with Gasteiger partial charge >= 0.3 is 0 Å². The molecule has 0 spiro atoms. The summed E-state index contributed by atoms with van der Waals surface area (Å²) in [5.74, 6) is 0.594. The molecule has 0 saturated carbocycles. The van der Waals surface area contributed by atoms with Gasteiger partial charge in [-0.3, -0.25) is 0 Å². The molecule has 7 heavy (non-hydrogen) atoms. The molecule has 3 heteroatoms. The van der Waals surface area contributed by atoms with Crippen molar-refractivity contribution in [3.63, 3.8) is 0 Å². The molecule has 0 aromatic heterocycles. The topological polar surface area (TPSA) is 26.0 Å². The maximum Gasteiger partial charge on any atom is 0.0443 e. The van der Waals surface area contributed by atoms with Gasteiger partial charge in [-0.1, -0.05) is 0 Å².